The van der Waals surface area contributed by atoms with Crippen LogP contribution in [0.25, 0.3) is 0 Å². The Morgan fingerprint density at radius 1 is 1.33 bits per heavy atom. The normalized spacial score (nSPS) is 25.0. The van der Waals surface area contributed by atoms with E-state index in [1.807, 2.05) is 0 Å². The van der Waals surface area contributed by atoms with E-state index in [0.717, 1.165) is 25.9 Å². The Morgan fingerprint density at radius 2 is 2.27 bits per heavy atom. The zero-order chi connectivity index (χ0) is 10.5. The second-order valence-electron chi connectivity index (χ2n) is 4.31. The highest BCUT2D eigenvalue weighted by Gasteiger charge is 2.20. The molecule has 0 radical (unpaired) electrons. The number of fused-ring (bicyclic) bond motifs is 1. The molecule has 0 aliphatic carbocycles. The first-order chi connectivity index (χ1) is 7.40. The summed E-state index contributed by atoms with van der Waals surface area (Å²) in [7, 11) is 0. The van der Waals surface area contributed by atoms with E-state index in [1.165, 1.54) is 30.5 Å². The molecule has 0 bridgehead atoms. The smallest absolute Gasteiger partial charge is 0.0991 e. The molecule has 2 rings (SSSR count). The molecule has 0 aromatic heterocycles. The van der Waals surface area contributed by atoms with Crippen molar-refractivity contribution in [2.24, 2.45) is 5.73 Å². The summed E-state index contributed by atoms with van der Waals surface area (Å²) < 4.78 is 0. The van der Waals surface area contributed by atoms with Gasteiger partial charge in [0.25, 0.3) is 0 Å². The lowest BCUT2D eigenvalue weighted by Crippen LogP contribution is -2.47. The molecule has 2 heterocycles. The first-order valence-corrected chi connectivity index (χ1v) is 6.00. The van der Waals surface area contributed by atoms with E-state index in [2.05, 4.69) is 22.8 Å². The number of nitrogens with two attached hydrogens (primary N) is 1. The molecule has 3 heteroatoms. The summed E-state index contributed by atoms with van der Waals surface area (Å²) in [6, 6.07) is 0. The highest BCUT2D eigenvalue weighted by atomic mass is 15.1. The molecule has 1 unspecified atom stereocenters. The number of hydrogen-bond acceptors (Lipinski definition) is 3. The molecule has 1 saturated heterocycles. The fourth-order valence-electron chi connectivity index (χ4n) is 2.19. The van der Waals surface area contributed by atoms with Crippen molar-refractivity contribution in [3.05, 3.63) is 23.4 Å². The zero-order valence-corrected chi connectivity index (χ0v) is 9.26. The maximum Gasteiger partial charge on any atom is 0.0991 e. The lowest BCUT2D eigenvalue weighted by atomic mass is 9.98. The third-order valence-electron chi connectivity index (χ3n) is 3.09. The quantitative estimate of drug-likeness (QED) is 0.608. The predicted molar refractivity (Wildman–Crippen MR) is 63.2 cm³/mol. The first-order valence-electron chi connectivity index (χ1n) is 6.00. The molecule has 0 amide bonds. The second kappa shape index (κ2) is 5.33. The Balaban J connectivity index is 1.86. The van der Waals surface area contributed by atoms with Crippen LogP contribution in [0.4, 0.5) is 0 Å². The maximum atomic E-state index is 5.49. The fraction of sp³-hybridized carbons (Fsp3) is 0.667. The Morgan fingerprint density at radius 3 is 3.13 bits per heavy atom. The van der Waals surface area contributed by atoms with Crippen molar-refractivity contribution in [3.63, 3.8) is 0 Å². The summed E-state index contributed by atoms with van der Waals surface area (Å²) in [4.78, 5) is 0. The van der Waals surface area contributed by atoms with Crippen LogP contribution in [0.2, 0.25) is 0 Å². The Bertz CT molecular complexity index is 268. The van der Waals surface area contributed by atoms with E-state index in [9.17, 15) is 0 Å². The molecule has 3 nitrogen and oxygen atoms in total. The lowest BCUT2D eigenvalue weighted by molar-refractivity contribution is 0.436. The van der Waals surface area contributed by atoms with Crippen molar-refractivity contribution in [3.8, 4) is 0 Å². The number of dihydropyridines is 1. The van der Waals surface area contributed by atoms with E-state index in [4.69, 9.17) is 5.73 Å². The van der Waals surface area contributed by atoms with Gasteiger partial charge in [-0.05, 0) is 56.8 Å². The standard InChI is InChI=1S/C12H21N3/c13-8-2-1-5-11-7-6-10-4-3-9-14-12(10)15-11/h6-7,12,14-15H,1-5,8-9,13H2. The van der Waals surface area contributed by atoms with Crippen molar-refractivity contribution in [1.82, 2.24) is 10.6 Å². The number of nitrogens with one attached hydrogen (secondary N) is 2. The van der Waals surface area contributed by atoms with Crippen LogP contribution in [0.1, 0.15) is 32.1 Å². The second-order valence-corrected chi connectivity index (χ2v) is 4.31. The van der Waals surface area contributed by atoms with Crippen molar-refractivity contribution in [2.75, 3.05) is 13.1 Å². The number of rotatable bonds is 4. The summed E-state index contributed by atoms with van der Waals surface area (Å²) in [6.07, 6.45) is 10.8. The minimum Gasteiger partial charge on any atom is -0.370 e. The molecule has 0 spiro atoms. The highest BCUT2D eigenvalue weighted by molar-refractivity contribution is 5.28. The van der Waals surface area contributed by atoms with E-state index >= 15 is 0 Å². The molecule has 15 heavy (non-hydrogen) atoms. The van der Waals surface area contributed by atoms with E-state index in [-0.39, 0.29) is 0 Å². The minimum atomic E-state index is 0.400. The largest absolute Gasteiger partial charge is 0.370 e. The van der Waals surface area contributed by atoms with Crippen LogP contribution >= 0.6 is 0 Å². The molecule has 0 aromatic carbocycles. The summed E-state index contributed by atoms with van der Waals surface area (Å²) >= 11 is 0. The van der Waals surface area contributed by atoms with Gasteiger partial charge in [-0.2, -0.15) is 0 Å². The Kier molecular flexibility index (Phi) is 3.80. The van der Waals surface area contributed by atoms with Crippen molar-refractivity contribution in [1.29, 1.82) is 0 Å². The van der Waals surface area contributed by atoms with Crippen LogP contribution in [0.5, 0.6) is 0 Å². The predicted octanol–water partition coefficient (Wildman–Crippen LogP) is 1.24. The maximum absolute atomic E-state index is 5.49. The Labute approximate surface area is 91.8 Å². The lowest BCUT2D eigenvalue weighted by Gasteiger charge is -2.32. The minimum absolute atomic E-state index is 0.400. The van der Waals surface area contributed by atoms with E-state index in [1.54, 1.807) is 0 Å². The van der Waals surface area contributed by atoms with Gasteiger partial charge in [0.15, 0.2) is 0 Å². The van der Waals surface area contributed by atoms with Crippen LogP contribution in [0.15, 0.2) is 23.4 Å². The third-order valence-corrected chi connectivity index (χ3v) is 3.09. The van der Waals surface area contributed by atoms with Crippen LogP contribution < -0.4 is 16.4 Å². The summed E-state index contributed by atoms with van der Waals surface area (Å²) in [6.45, 7) is 1.93. The molecule has 1 atom stereocenters. The van der Waals surface area contributed by atoms with Gasteiger partial charge in [-0.1, -0.05) is 6.08 Å². The zero-order valence-electron chi connectivity index (χ0n) is 9.26. The van der Waals surface area contributed by atoms with Gasteiger partial charge in [-0.25, -0.2) is 0 Å². The summed E-state index contributed by atoms with van der Waals surface area (Å²) in [5.41, 5.74) is 8.34. The van der Waals surface area contributed by atoms with Gasteiger partial charge < -0.3 is 11.1 Å². The van der Waals surface area contributed by atoms with E-state index < -0.39 is 0 Å². The van der Waals surface area contributed by atoms with Crippen molar-refractivity contribution >= 4 is 0 Å². The van der Waals surface area contributed by atoms with Crippen molar-refractivity contribution in [2.45, 2.75) is 38.3 Å². The molecular formula is C12H21N3. The van der Waals surface area contributed by atoms with E-state index in [0.29, 0.717) is 6.17 Å². The highest BCUT2D eigenvalue weighted by Crippen LogP contribution is 2.20. The van der Waals surface area contributed by atoms with Crippen LogP contribution in [0, 0.1) is 0 Å². The number of unbranched alkanes of at least 4 members (excludes halogenated alkanes) is 1. The molecule has 1 fully saturated rings. The number of hydrogen-bond donors (Lipinski definition) is 3. The molecular weight excluding hydrogens is 186 g/mol. The topological polar surface area (TPSA) is 50.1 Å². The number of allylic oxidation sites excluding steroid dienone is 3. The average Bonchev–Trinajstić information content (AvgIpc) is 2.29. The Hall–Kier alpha value is -0.800. The van der Waals surface area contributed by atoms with Gasteiger partial charge in [-0.15, -0.1) is 0 Å². The average molecular weight is 207 g/mol. The summed E-state index contributed by atoms with van der Waals surface area (Å²) in [5, 5.41) is 7.05. The molecule has 2 aliphatic rings. The molecule has 0 aromatic rings. The number of piperidine rings is 1. The first kappa shape index (κ1) is 10.7. The molecule has 2 aliphatic heterocycles. The molecule has 84 valence electrons. The van der Waals surface area contributed by atoms with Crippen LogP contribution in [-0.2, 0) is 0 Å². The third kappa shape index (κ3) is 2.83. The van der Waals surface area contributed by atoms with Gasteiger partial charge in [0.2, 0.25) is 0 Å². The van der Waals surface area contributed by atoms with Gasteiger partial charge >= 0.3 is 0 Å². The SMILES string of the molecule is NCCCCC1=CC=C2CCCNC2N1. The van der Waals surface area contributed by atoms with Gasteiger partial charge in [0.05, 0.1) is 6.17 Å². The molecule has 0 saturated carbocycles. The fourth-order valence-corrected chi connectivity index (χ4v) is 2.19. The van der Waals surface area contributed by atoms with Gasteiger partial charge in [0.1, 0.15) is 0 Å². The summed E-state index contributed by atoms with van der Waals surface area (Å²) in [5.74, 6) is 0. The van der Waals surface area contributed by atoms with Gasteiger partial charge in [-0.3, -0.25) is 5.32 Å². The van der Waals surface area contributed by atoms with Crippen LogP contribution in [0.3, 0.4) is 0 Å². The van der Waals surface area contributed by atoms with Crippen LogP contribution in [-0.4, -0.2) is 19.3 Å². The molecule has 4 N–H and O–H groups in total. The van der Waals surface area contributed by atoms with Gasteiger partial charge in [0, 0.05) is 5.70 Å². The van der Waals surface area contributed by atoms with Crippen molar-refractivity contribution < 1.29 is 0 Å². The monoisotopic (exact) mass is 207 g/mol.